The fourth-order valence-corrected chi connectivity index (χ4v) is 17.2. The number of halogens is 4. The minimum Gasteiger partial charge on any atom is -1.00 e. The van der Waals surface area contributed by atoms with E-state index >= 15 is 0 Å². The smallest absolute Gasteiger partial charge is 0.214 e. The summed E-state index contributed by atoms with van der Waals surface area (Å²) < 4.78 is 10.5. The monoisotopic (exact) mass is 1750 g/mol. The second kappa shape index (κ2) is 42.8. The number of para-hydroxylation sites is 4. The summed E-state index contributed by atoms with van der Waals surface area (Å²) in [5.74, 6) is 0. The number of nitrogens with two attached hydrogens (primary N) is 4. The molecule has 4 aliphatic carbocycles. The average Bonchev–Trinajstić information content (AvgIpc) is 0.796. The van der Waals surface area contributed by atoms with Gasteiger partial charge in [0, 0.05) is 97.9 Å². The van der Waals surface area contributed by atoms with Gasteiger partial charge in [-0.2, -0.15) is 18.3 Å². The number of nitrogen functional groups attached to an aromatic ring is 4. The minimum absolute atomic E-state index is 0. The van der Waals surface area contributed by atoms with Gasteiger partial charge >= 0.3 is 0 Å². The highest BCUT2D eigenvalue weighted by Gasteiger charge is 2.31. The van der Waals surface area contributed by atoms with E-state index in [1.165, 1.54) is 345 Å². The molecule has 8 N–H and O–H groups in total. The van der Waals surface area contributed by atoms with E-state index in [1.54, 1.807) is 0 Å². The van der Waals surface area contributed by atoms with Crippen molar-refractivity contribution in [1.82, 2.24) is 0 Å². The molecular weight excluding hydrogens is 1630 g/mol. The van der Waals surface area contributed by atoms with E-state index in [4.69, 9.17) is 22.9 Å². The van der Waals surface area contributed by atoms with Gasteiger partial charge in [-0.15, -0.1) is 0 Å². The lowest BCUT2D eigenvalue weighted by Gasteiger charge is -2.18. The Kier molecular flexibility index (Phi) is 35.6. The lowest BCUT2D eigenvalue weighted by molar-refractivity contribution is -0.680. The predicted octanol–water partition coefficient (Wildman–Crippen LogP) is 7.32. The molecule has 12 heteroatoms. The molecule has 4 aliphatic rings. The lowest BCUT2D eigenvalue weighted by Crippen LogP contribution is -3.00. The molecule has 0 saturated heterocycles. The number of rotatable bonds is 34. The summed E-state index contributed by atoms with van der Waals surface area (Å²) in [6.07, 6.45) is 58.3. The third-order valence-corrected chi connectivity index (χ3v) is 22.3. The first-order valence-electron chi connectivity index (χ1n) is 38.3. The molecule has 0 saturated carbocycles. The molecular formula is C84H120I4N8. The Morgan fingerprint density at radius 2 is 0.365 bits per heavy atom. The summed E-state index contributed by atoms with van der Waals surface area (Å²) in [7, 11) is 0. The van der Waals surface area contributed by atoms with Gasteiger partial charge in [0.2, 0.25) is 22.1 Å². The first kappa shape index (κ1) is 80.0. The summed E-state index contributed by atoms with van der Waals surface area (Å²) in [5, 5.41) is 5.01. The Bertz CT molecular complexity index is 3440. The highest BCUT2D eigenvalue weighted by molar-refractivity contribution is 5.92. The summed E-state index contributed by atoms with van der Waals surface area (Å²) >= 11 is 0. The zero-order valence-corrected chi connectivity index (χ0v) is 67.4. The molecule has 0 radical (unpaired) electrons. The first-order valence-corrected chi connectivity index (χ1v) is 38.3. The van der Waals surface area contributed by atoms with E-state index in [9.17, 15) is 0 Å². The maximum absolute atomic E-state index is 6.63. The largest absolute Gasteiger partial charge is 1.00 e. The van der Waals surface area contributed by atoms with Gasteiger partial charge in [-0.25, -0.2) is 0 Å². The second-order valence-electron chi connectivity index (χ2n) is 28.8. The lowest BCUT2D eigenvalue weighted by atomic mass is 9.92. The van der Waals surface area contributed by atoms with E-state index in [0.717, 1.165) is 74.6 Å². The Hall–Kier alpha value is -3.36. The molecule has 12 rings (SSSR count). The van der Waals surface area contributed by atoms with Crippen molar-refractivity contribution in [1.29, 1.82) is 0 Å². The third-order valence-electron chi connectivity index (χ3n) is 22.3. The van der Waals surface area contributed by atoms with Crippen LogP contribution in [0.15, 0.2) is 97.1 Å². The Morgan fingerprint density at radius 1 is 0.208 bits per heavy atom. The molecule has 0 atom stereocenters. The van der Waals surface area contributed by atoms with Gasteiger partial charge in [-0.1, -0.05) is 177 Å². The number of aromatic nitrogens is 4. The van der Waals surface area contributed by atoms with Gasteiger partial charge in [0.1, 0.15) is 26.2 Å². The van der Waals surface area contributed by atoms with Gasteiger partial charge in [0.25, 0.3) is 0 Å². The number of fused-ring (bicyclic) bond motifs is 8. The maximum Gasteiger partial charge on any atom is 0.214 e. The van der Waals surface area contributed by atoms with E-state index < -0.39 is 0 Å². The van der Waals surface area contributed by atoms with Crippen LogP contribution in [-0.2, 0) is 77.5 Å². The molecule has 0 fully saturated rings. The molecule has 0 amide bonds. The third kappa shape index (κ3) is 20.9. The number of pyridine rings is 4. The van der Waals surface area contributed by atoms with Crippen LogP contribution in [0.1, 0.15) is 276 Å². The zero-order chi connectivity index (χ0) is 63.1. The van der Waals surface area contributed by atoms with Crippen LogP contribution in [0.5, 0.6) is 0 Å². The molecule has 0 bridgehead atoms. The molecule has 4 heterocycles. The van der Waals surface area contributed by atoms with Crippen LogP contribution >= 0.6 is 0 Å². The fourth-order valence-electron chi connectivity index (χ4n) is 17.2. The van der Waals surface area contributed by atoms with E-state index in [1.807, 2.05) is 0 Å². The van der Waals surface area contributed by atoms with Gasteiger partial charge in [0.05, 0.1) is 44.3 Å². The van der Waals surface area contributed by atoms with Crippen molar-refractivity contribution in [3.05, 3.63) is 142 Å². The van der Waals surface area contributed by atoms with Gasteiger partial charge < -0.3 is 119 Å². The zero-order valence-electron chi connectivity index (χ0n) is 58.8. The van der Waals surface area contributed by atoms with Crippen LogP contribution < -0.4 is 137 Å². The number of benzene rings is 4. The van der Waals surface area contributed by atoms with Crippen molar-refractivity contribution in [2.24, 2.45) is 0 Å². The van der Waals surface area contributed by atoms with Crippen LogP contribution in [-0.4, -0.2) is 0 Å². The number of unbranched alkanes of at least 4 members (excludes halogenated alkanes) is 26. The SMILES string of the molecule is Nc1c2c([n+](CCCCCCCCCCCCCCCCCC[n+]3c4c(c(N)c5ccccc53)CCCC4)c3ccccc13)CCCC2.Nc1c2c([n+](CCCCCCCCCCCCCC[n+]3c4c(c(N)c5ccccc53)CCCC4)c3ccccc13)CCCC2.[I-].[I-].[I-].[I-]. The van der Waals surface area contributed by atoms with Crippen molar-refractivity contribution < 1.29 is 114 Å². The normalized spacial score (nSPS) is 13.9. The topological polar surface area (TPSA) is 120 Å². The molecule has 8 nitrogen and oxygen atoms in total. The summed E-state index contributed by atoms with van der Waals surface area (Å²) in [6.45, 7) is 4.56. The molecule has 4 aromatic heterocycles. The molecule has 0 spiro atoms. The van der Waals surface area contributed by atoms with Crippen molar-refractivity contribution in [3.8, 4) is 0 Å². The highest BCUT2D eigenvalue weighted by Crippen LogP contribution is 2.35. The number of nitrogens with zero attached hydrogens (tertiary/aromatic N) is 4. The van der Waals surface area contributed by atoms with Gasteiger partial charge in [-0.3, -0.25) is 0 Å². The van der Waals surface area contributed by atoms with E-state index in [2.05, 4.69) is 115 Å². The standard InChI is InChI=1S/C44H62N4.C40H54N4.4HI/c45-43-35-25-15-19-29-39(35)47(40-30-20-16-26-36(40)43)33-23-13-11-9-7-5-3-1-2-4-6-8-10-12-14-24-34-48-41-31-21-17-27-37(41)44(46)38-28-18-22-32-42(38)48;41-39-31-21-11-15-25-35(31)43(36-26-16-12-22-32(36)39)29-19-9-7-5-3-1-2-4-6-8-10-20-30-44-37-27-17-13-23-33(37)40(42)34-24-14-18-28-38(34)44;;;;/h15,17,19,21,25,27,29,31,45-46H,1-14,16,18,20,22-24,26,28,30,32-34H2;11,13,15,17,21,23,25,27,41-42H,1-10,12,14,16,18-20,22,24,26,28-30H2;4*1H. The van der Waals surface area contributed by atoms with Crippen LogP contribution in [0.3, 0.4) is 0 Å². The fraction of sp³-hybridized carbons (Fsp3) is 0.571. The summed E-state index contributed by atoms with van der Waals surface area (Å²) in [5.41, 5.74) is 47.8. The van der Waals surface area contributed by atoms with Crippen molar-refractivity contribution in [3.63, 3.8) is 0 Å². The molecule has 0 aliphatic heterocycles. The average molecular weight is 1750 g/mol. The summed E-state index contributed by atoms with van der Waals surface area (Å²) in [4.78, 5) is 0. The summed E-state index contributed by atoms with van der Waals surface area (Å²) in [6, 6.07) is 35.2. The number of anilines is 4. The molecule has 4 aromatic carbocycles. The minimum atomic E-state index is 0. The van der Waals surface area contributed by atoms with E-state index in [-0.39, 0.29) is 95.9 Å². The highest BCUT2D eigenvalue weighted by atomic mass is 127. The number of hydrogen-bond acceptors (Lipinski definition) is 4. The van der Waals surface area contributed by atoms with Crippen molar-refractivity contribution in [2.45, 2.75) is 309 Å². The predicted molar refractivity (Wildman–Crippen MR) is 390 cm³/mol. The molecule has 524 valence electrons. The Morgan fingerprint density at radius 3 is 0.552 bits per heavy atom. The molecule has 8 aromatic rings. The van der Waals surface area contributed by atoms with Crippen molar-refractivity contribution >= 4 is 66.4 Å². The Balaban J connectivity index is 0.000000261. The van der Waals surface area contributed by atoms with Crippen LogP contribution in [0.25, 0.3) is 43.6 Å². The molecule has 96 heavy (non-hydrogen) atoms. The van der Waals surface area contributed by atoms with Crippen LogP contribution in [0, 0.1) is 0 Å². The Labute approximate surface area is 647 Å². The van der Waals surface area contributed by atoms with Gasteiger partial charge in [-0.05, 0) is 127 Å². The maximum atomic E-state index is 6.63. The molecule has 0 unspecified atom stereocenters. The second-order valence-corrected chi connectivity index (χ2v) is 28.8. The number of aryl methyl sites for hydroxylation is 4. The van der Waals surface area contributed by atoms with Crippen molar-refractivity contribution in [2.75, 3.05) is 22.9 Å². The van der Waals surface area contributed by atoms with Crippen LogP contribution in [0.2, 0.25) is 0 Å². The van der Waals surface area contributed by atoms with E-state index in [0.29, 0.717) is 0 Å². The quantitative estimate of drug-likeness (QED) is 0.0192. The van der Waals surface area contributed by atoms with Gasteiger partial charge in [0.15, 0.2) is 22.8 Å². The number of hydrogen-bond donors (Lipinski definition) is 4. The first-order chi connectivity index (χ1) is 45.5. The van der Waals surface area contributed by atoms with Crippen LogP contribution in [0.4, 0.5) is 22.7 Å².